The summed E-state index contributed by atoms with van der Waals surface area (Å²) in [7, 11) is 0. The molecular formula is C10H13BrFNOS. The van der Waals surface area contributed by atoms with Gasteiger partial charge in [-0.1, -0.05) is 6.92 Å². The van der Waals surface area contributed by atoms with Gasteiger partial charge in [0.15, 0.2) is 0 Å². The fraction of sp³-hybridized carbons (Fsp3) is 0.400. The van der Waals surface area contributed by atoms with Gasteiger partial charge in [-0.2, -0.15) is 0 Å². The van der Waals surface area contributed by atoms with Crippen molar-refractivity contribution in [1.82, 2.24) is 0 Å². The number of nitrogens with two attached hydrogens (primary N) is 1. The molecule has 1 aromatic carbocycles. The van der Waals surface area contributed by atoms with Gasteiger partial charge in [-0.3, -0.25) is 0 Å². The normalized spacial score (nSPS) is 12.8. The van der Waals surface area contributed by atoms with Gasteiger partial charge >= 0.3 is 0 Å². The number of hydrogen-bond acceptors (Lipinski definition) is 3. The molecule has 3 N–H and O–H groups in total. The van der Waals surface area contributed by atoms with Crippen molar-refractivity contribution in [3.05, 3.63) is 22.4 Å². The van der Waals surface area contributed by atoms with Gasteiger partial charge < -0.3 is 10.8 Å². The Bertz CT molecular complexity index is 348. The number of nitrogen functional groups attached to an aromatic ring is 1. The summed E-state index contributed by atoms with van der Waals surface area (Å²) in [5, 5.41) is 9.03. The van der Waals surface area contributed by atoms with Gasteiger partial charge in [-0.05, 0) is 34.5 Å². The van der Waals surface area contributed by atoms with E-state index in [0.29, 0.717) is 16.6 Å². The highest BCUT2D eigenvalue weighted by molar-refractivity contribution is 9.10. The molecule has 0 amide bonds. The number of rotatable bonds is 4. The molecule has 0 spiro atoms. The highest BCUT2D eigenvalue weighted by Gasteiger charge is 2.10. The van der Waals surface area contributed by atoms with Crippen molar-refractivity contribution in [3.63, 3.8) is 0 Å². The summed E-state index contributed by atoms with van der Waals surface area (Å²) in [5.74, 6) is -0.355. The van der Waals surface area contributed by atoms with Crippen LogP contribution in [0.1, 0.15) is 13.3 Å². The molecule has 1 rings (SSSR count). The van der Waals surface area contributed by atoms with E-state index in [-0.39, 0.29) is 17.7 Å². The molecule has 0 aliphatic heterocycles. The van der Waals surface area contributed by atoms with Gasteiger partial charge in [0.1, 0.15) is 5.82 Å². The molecule has 0 saturated carbocycles. The van der Waals surface area contributed by atoms with E-state index >= 15 is 0 Å². The Labute approximate surface area is 101 Å². The van der Waals surface area contributed by atoms with E-state index in [1.807, 2.05) is 6.92 Å². The number of anilines is 1. The zero-order chi connectivity index (χ0) is 11.4. The van der Waals surface area contributed by atoms with Crippen LogP contribution in [0.25, 0.3) is 0 Å². The lowest BCUT2D eigenvalue weighted by molar-refractivity contribution is 0.289. The van der Waals surface area contributed by atoms with E-state index in [0.717, 1.165) is 4.90 Å². The van der Waals surface area contributed by atoms with Gasteiger partial charge in [-0.15, -0.1) is 11.8 Å². The molecule has 84 valence electrons. The van der Waals surface area contributed by atoms with Crippen LogP contribution in [0.2, 0.25) is 0 Å². The van der Waals surface area contributed by atoms with Crippen LogP contribution in [-0.2, 0) is 0 Å². The molecule has 2 nitrogen and oxygen atoms in total. The second-order valence-corrected chi connectivity index (χ2v) is 5.58. The van der Waals surface area contributed by atoms with Gasteiger partial charge in [-0.25, -0.2) is 4.39 Å². The molecule has 0 saturated heterocycles. The van der Waals surface area contributed by atoms with Gasteiger partial charge in [0.25, 0.3) is 0 Å². The topological polar surface area (TPSA) is 46.2 Å². The molecular weight excluding hydrogens is 281 g/mol. The Morgan fingerprint density at radius 2 is 2.27 bits per heavy atom. The van der Waals surface area contributed by atoms with Crippen LogP contribution in [0.5, 0.6) is 0 Å². The number of halogens is 2. The zero-order valence-corrected chi connectivity index (χ0v) is 10.7. The van der Waals surface area contributed by atoms with Gasteiger partial charge in [0.2, 0.25) is 0 Å². The molecule has 0 fully saturated rings. The monoisotopic (exact) mass is 293 g/mol. The molecule has 0 heterocycles. The van der Waals surface area contributed by atoms with Crippen molar-refractivity contribution in [2.45, 2.75) is 23.5 Å². The minimum absolute atomic E-state index is 0.149. The third-order valence-electron chi connectivity index (χ3n) is 1.92. The third-order valence-corrected chi connectivity index (χ3v) is 3.77. The number of thioether (sulfide) groups is 1. The average Bonchev–Trinajstić information content (AvgIpc) is 2.14. The molecule has 5 heteroatoms. The molecule has 1 atom stereocenters. The molecule has 0 aromatic heterocycles. The maximum atomic E-state index is 13.1. The lowest BCUT2D eigenvalue weighted by Gasteiger charge is -2.12. The minimum Gasteiger partial charge on any atom is -0.398 e. The number of aliphatic hydroxyl groups is 1. The smallest absolute Gasteiger partial charge is 0.139 e. The Morgan fingerprint density at radius 1 is 1.60 bits per heavy atom. The maximum absolute atomic E-state index is 13.1. The van der Waals surface area contributed by atoms with Gasteiger partial charge in [0, 0.05) is 22.4 Å². The molecule has 1 unspecified atom stereocenters. The van der Waals surface area contributed by atoms with Crippen LogP contribution in [-0.4, -0.2) is 17.0 Å². The predicted octanol–water partition coefficient (Wildman–Crippen LogP) is 3.03. The van der Waals surface area contributed by atoms with E-state index in [2.05, 4.69) is 15.9 Å². The molecule has 0 bridgehead atoms. The first-order valence-corrected chi connectivity index (χ1v) is 6.24. The van der Waals surface area contributed by atoms with Crippen LogP contribution >= 0.6 is 27.7 Å². The lowest BCUT2D eigenvalue weighted by atomic mass is 10.3. The van der Waals surface area contributed by atoms with Crippen molar-refractivity contribution in [2.75, 3.05) is 12.3 Å². The molecule has 0 aliphatic carbocycles. The lowest BCUT2D eigenvalue weighted by Crippen LogP contribution is -2.01. The van der Waals surface area contributed by atoms with Crippen LogP contribution in [0, 0.1) is 5.82 Å². The number of aliphatic hydroxyl groups excluding tert-OH is 1. The summed E-state index contributed by atoms with van der Waals surface area (Å²) in [6.45, 7) is 2.15. The molecule has 15 heavy (non-hydrogen) atoms. The highest BCUT2D eigenvalue weighted by atomic mass is 79.9. The zero-order valence-electron chi connectivity index (χ0n) is 8.34. The Balaban J connectivity index is 2.81. The van der Waals surface area contributed by atoms with E-state index in [4.69, 9.17) is 10.8 Å². The molecule has 0 aliphatic rings. The maximum Gasteiger partial charge on any atom is 0.139 e. The molecule has 0 radical (unpaired) electrons. The summed E-state index contributed by atoms with van der Waals surface area (Å²) < 4.78 is 13.5. The first-order chi connectivity index (χ1) is 7.04. The first-order valence-electron chi connectivity index (χ1n) is 4.56. The molecule has 1 aromatic rings. The van der Waals surface area contributed by atoms with Crippen molar-refractivity contribution < 1.29 is 9.50 Å². The van der Waals surface area contributed by atoms with Crippen LogP contribution in [0.15, 0.2) is 21.5 Å². The first kappa shape index (κ1) is 12.8. The summed E-state index contributed by atoms with van der Waals surface area (Å²) in [6, 6.07) is 2.97. The van der Waals surface area contributed by atoms with Gasteiger partial charge in [0.05, 0.1) is 4.47 Å². The standard InChI is InChI=1S/C10H13BrFNOS/c1-6(2-3-14)15-10-4-7(11)8(12)5-9(10)13/h4-6,14H,2-3,13H2,1H3. The summed E-state index contributed by atoms with van der Waals surface area (Å²) in [4.78, 5) is 0.837. The Morgan fingerprint density at radius 3 is 2.87 bits per heavy atom. The van der Waals surface area contributed by atoms with Crippen molar-refractivity contribution >= 4 is 33.4 Å². The number of hydrogen-bond donors (Lipinski definition) is 2. The van der Waals surface area contributed by atoms with Crippen molar-refractivity contribution in [1.29, 1.82) is 0 Å². The van der Waals surface area contributed by atoms with Crippen LogP contribution < -0.4 is 5.73 Å². The summed E-state index contributed by atoms with van der Waals surface area (Å²) in [6.07, 6.45) is 0.694. The van der Waals surface area contributed by atoms with Crippen molar-refractivity contribution in [3.8, 4) is 0 Å². The number of benzene rings is 1. The predicted molar refractivity (Wildman–Crippen MR) is 65.5 cm³/mol. The van der Waals surface area contributed by atoms with Crippen molar-refractivity contribution in [2.24, 2.45) is 0 Å². The second-order valence-electron chi connectivity index (χ2n) is 3.24. The van der Waals surface area contributed by atoms with E-state index < -0.39 is 0 Å². The second kappa shape index (κ2) is 5.72. The average molecular weight is 294 g/mol. The highest BCUT2D eigenvalue weighted by Crippen LogP contribution is 2.33. The van der Waals surface area contributed by atoms with E-state index in [1.165, 1.54) is 17.8 Å². The summed E-state index contributed by atoms with van der Waals surface area (Å²) in [5.41, 5.74) is 6.13. The summed E-state index contributed by atoms with van der Waals surface area (Å²) >= 11 is 4.65. The van der Waals surface area contributed by atoms with E-state index in [9.17, 15) is 4.39 Å². The van der Waals surface area contributed by atoms with Crippen LogP contribution in [0.4, 0.5) is 10.1 Å². The van der Waals surface area contributed by atoms with Crippen LogP contribution in [0.3, 0.4) is 0 Å². The quantitative estimate of drug-likeness (QED) is 0.663. The third kappa shape index (κ3) is 3.66. The Hall–Kier alpha value is -0.260. The minimum atomic E-state index is -0.355. The Kier molecular flexibility index (Phi) is 4.89. The fourth-order valence-electron chi connectivity index (χ4n) is 1.10. The van der Waals surface area contributed by atoms with E-state index in [1.54, 1.807) is 6.07 Å². The fourth-order valence-corrected chi connectivity index (χ4v) is 2.64. The SMILES string of the molecule is CC(CCO)Sc1cc(Br)c(F)cc1N. The largest absolute Gasteiger partial charge is 0.398 e.